The number of rotatable bonds is 6. The van der Waals surface area contributed by atoms with E-state index in [0.717, 1.165) is 15.9 Å². The van der Waals surface area contributed by atoms with Crippen LogP contribution in [0.2, 0.25) is 0 Å². The first-order valence-electron chi connectivity index (χ1n) is 8.33. The molecule has 0 bridgehead atoms. The number of hydrogen-bond acceptors (Lipinski definition) is 7. The minimum atomic E-state index is -0.347. The van der Waals surface area contributed by atoms with Crippen LogP contribution in [0.15, 0.2) is 56.6 Å². The Hall–Kier alpha value is -2.52. The molecule has 0 aliphatic rings. The zero-order valence-electron chi connectivity index (χ0n) is 14.7. The lowest BCUT2D eigenvalue weighted by Crippen LogP contribution is -2.04. The van der Waals surface area contributed by atoms with Crippen molar-refractivity contribution in [2.45, 2.75) is 35.8 Å². The maximum Gasteiger partial charge on any atom is 0.199 e. The van der Waals surface area contributed by atoms with Gasteiger partial charge in [0, 0.05) is 5.92 Å². The van der Waals surface area contributed by atoms with Crippen LogP contribution in [0.1, 0.15) is 31.4 Å². The molecule has 27 heavy (non-hydrogen) atoms. The van der Waals surface area contributed by atoms with Gasteiger partial charge in [0.25, 0.3) is 0 Å². The van der Waals surface area contributed by atoms with Gasteiger partial charge in [-0.05, 0) is 47.6 Å². The number of furan rings is 1. The van der Waals surface area contributed by atoms with Gasteiger partial charge in [0.1, 0.15) is 17.4 Å². The van der Waals surface area contributed by atoms with E-state index in [4.69, 9.17) is 4.42 Å². The Morgan fingerprint density at radius 2 is 2.04 bits per heavy atom. The van der Waals surface area contributed by atoms with Gasteiger partial charge < -0.3 is 4.42 Å². The van der Waals surface area contributed by atoms with Crippen LogP contribution in [0.4, 0.5) is 4.39 Å². The highest BCUT2D eigenvalue weighted by atomic mass is 32.2. The second kappa shape index (κ2) is 7.61. The average molecular weight is 401 g/mol. The van der Waals surface area contributed by atoms with E-state index in [0.29, 0.717) is 23.1 Å². The number of aromatic nitrogens is 5. The summed E-state index contributed by atoms with van der Waals surface area (Å²) in [6.45, 7) is 4.49. The number of hydrogen-bond donors (Lipinski definition) is 0. The van der Waals surface area contributed by atoms with Crippen LogP contribution in [0.25, 0.3) is 11.4 Å². The lowest BCUT2D eigenvalue weighted by molar-refractivity contribution is 0.485. The van der Waals surface area contributed by atoms with Gasteiger partial charge >= 0.3 is 0 Å². The number of halogens is 1. The van der Waals surface area contributed by atoms with Gasteiger partial charge in [0.15, 0.2) is 15.3 Å². The molecule has 0 aliphatic heterocycles. The Balaban J connectivity index is 1.73. The second-order valence-corrected chi connectivity index (χ2v) is 8.09. The topological polar surface area (TPSA) is 69.6 Å². The molecule has 0 spiro atoms. The highest BCUT2D eigenvalue weighted by Gasteiger charge is 2.20. The van der Waals surface area contributed by atoms with Crippen LogP contribution < -0.4 is 0 Å². The van der Waals surface area contributed by atoms with E-state index < -0.39 is 0 Å². The lowest BCUT2D eigenvalue weighted by atomic mass is 10.2. The van der Waals surface area contributed by atoms with Crippen molar-refractivity contribution in [2.24, 2.45) is 0 Å². The maximum atomic E-state index is 14.3. The minimum absolute atomic E-state index is 0.255. The van der Waals surface area contributed by atoms with E-state index in [1.807, 2.05) is 30.5 Å². The normalized spacial score (nSPS) is 11.4. The molecule has 0 saturated carbocycles. The largest absolute Gasteiger partial charge is 0.467 e. The van der Waals surface area contributed by atoms with E-state index in [1.54, 1.807) is 24.5 Å². The first-order valence-corrected chi connectivity index (χ1v) is 9.92. The van der Waals surface area contributed by atoms with Gasteiger partial charge in [0.05, 0.1) is 18.4 Å². The zero-order valence-corrected chi connectivity index (χ0v) is 16.3. The monoisotopic (exact) mass is 401 g/mol. The summed E-state index contributed by atoms with van der Waals surface area (Å²) in [4.78, 5) is 4.53. The standard InChI is InChI=1S/C18H16FN5OS2/c1-11(2)15-20-18(27-23-15)26-17-22-21-16(13-7-3-4-8-14(13)19)24(17)10-12-6-5-9-25-12/h3-9,11H,10H2,1-2H3. The molecule has 0 amide bonds. The third-order valence-corrected chi connectivity index (χ3v) is 5.59. The zero-order chi connectivity index (χ0) is 18.8. The van der Waals surface area contributed by atoms with E-state index in [9.17, 15) is 4.39 Å². The lowest BCUT2D eigenvalue weighted by Gasteiger charge is -2.08. The van der Waals surface area contributed by atoms with Crippen LogP contribution in [-0.2, 0) is 6.54 Å². The quantitative estimate of drug-likeness (QED) is 0.460. The summed E-state index contributed by atoms with van der Waals surface area (Å²) in [6.07, 6.45) is 1.61. The molecule has 0 N–H and O–H groups in total. The molecule has 9 heteroatoms. The van der Waals surface area contributed by atoms with Crippen molar-refractivity contribution < 1.29 is 8.81 Å². The van der Waals surface area contributed by atoms with Crippen LogP contribution in [-0.4, -0.2) is 24.1 Å². The van der Waals surface area contributed by atoms with Gasteiger partial charge in [-0.3, -0.25) is 4.57 Å². The summed E-state index contributed by atoms with van der Waals surface area (Å²) in [6, 6.07) is 10.2. The van der Waals surface area contributed by atoms with Crippen molar-refractivity contribution in [1.82, 2.24) is 24.1 Å². The second-order valence-electron chi connectivity index (χ2n) is 6.13. The molecule has 0 saturated heterocycles. The third kappa shape index (κ3) is 3.79. The van der Waals surface area contributed by atoms with Crippen molar-refractivity contribution in [3.8, 4) is 11.4 Å². The van der Waals surface area contributed by atoms with Crippen LogP contribution in [0.3, 0.4) is 0 Å². The molecule has 0 radical (unpaired) electrons. The molecular formula is C18H16FN5OS2. The number of benzene rings is 1. The van der Waals surface area contributed by atoms with Crippen molar-refractivity contribution in [3.05, 3.63) is 60.1 Å². The van der Waals surface area contributed by atoms with Gasteiger partial charge in [-0.15, -0.1) is 10.2 Å². The van der Waals surface area contributed by atoms with E-state index in [1.165, 1.54) is 29.4 Å². The maximum absolute atomic E-state index is 14.3. The molecule has 3 heterocycles. The first kappa shape index (κ1) is 17.9. The summed E-state index contributed by atoms with van der Waals surface area (Å²) in [7, 11) is 0. The minimum Gasteiger partial charge on any atom is -0.467 e. The van der Waals surface area contributed by atoms with Crippen LogP contribution >= 0.6 is 23.3 Å². The molecule has 138 valence electrons. The molecular weight excluding hydrogens is 385 g/mol. The molecule has 0 aliphatic carbocycles. The Morgan fingerprint density at radius 3 is 2.74 bits per heavy atom. The third-order valence-electron chi connectivity index (χ3n) is 3.84. The van der Waals surface area contributed by atoms with Crippen LogP contribution in [0.5, 0.6) is 0 Å². The summed E-state index contributed by atoms with van der Waals surface area (Å²) < 4.78 is 26.8. The van der Waals surface area contributed by atoms with E-state index in [2.05, 4.69) is 19.6 Å². The molecule has 4 rings (SSSR count). The van der Waals surface area contributed by atoms with Gasteiger partial charge in [0.2, 0.25) is 0 Å². The van der Waals surface area contributed by atoms with Crippen LogP contribution in [0, 0.1) is 5.82 Å². The predicted octanol–water partition coefficient (Wildman–Crippen LogP) is 4.85. The highest BCUT2D eigenvalue weighted by molar-refractivity contribution is 8.00. The molecule has 4 aromatic rings. The van der Waals surface area contributed by atoms with E-state index >= 15 is 0 Å². The smallest absolute Gasteiger partial charge is 0.199 e. The SMILES string of the molecule is CC(C)c1nsc(Sc2nnc(-c3ccccc3F)n2Cc2ccco2)n1. The van der Waals surface area contributed by atoms with Crippen molar-refractivity contribution in [1.29, 1.82) is 0 Å². The number of nitrogens with zero attached hydrogens (tertiary/aromatic N) is 5. The Kier molecular flexibility index (Phi) is 5.04. The van der Waals surface area contributed by atoms with Gasteiger partial charge in [-0.25, -0.2) is 9.37 Å². The Morgan fingerprint density at radius 1 is 1.19 bits per heavy atom. The van der Waals surface area contributed by atoms with Gasteiger partial charge in [-0.1, -0.05) is 26.0 Å². The highest BCUT2D eigenvalue weighted by Crippen LogP contribution is 2.32. The van der Waals surface area contributed by atoms with Gasteiger partial charge in [-0.2, -0.15) is 4.37 Å². The molecule has 0 atom stereocenters. The molecule has 6 nitrogen and oxygen atoms in total. The fraction of sp³-hybridized carbons (Fsp3) is 0.222. The first-order chi connectivity index (χ1) is 13.1. The van der Waals surface area contributed by atoms with E-state index in [-0.39, 0.29) is 11.7 Å². The fourth-order valence-corrected chi connectivity index (χ4v) is 4.16. The molecule has 1 aromatic carbocycles. The average Bonchev–Trinajstić information content (AvgIpc) is 3.39. The van der Waals surface area contributed by atoms with Crippen molar-refractivity contribution in [2.75, 3.05) is 0 Å². The summed E-state index contributed by atoms with van der Waals surface area (Å²) in [5, 5.41) is 9.11. The molecule has 0 unspecified atom stereocenters. The van der Waals surface area contributed by atoms with Crippen molar-refractivity contribution in [3.63, 3.8) is 0 Å². The summed E-state index contributed by atoms with van der Waals surface area (Å²) in [5.74, 6) is 1.88. The fourth-order valence-electron chi connectivity index (χ4n) is 2.48. The van der Waals surface area contributed by atoms with Crippen molar-refractivity contribution >= 4 is 23.3 Å². The summed E-state index contributed by atoms with van der Waals surface area (Å²) >= 11 is 2.69. The molecule has 3 aromatic heterocycles. The molecule has 0 fully saturated rings. The Bertz CT molecular complexity index is 1040. The predicted molar refractivity (Wildman–Crippen MR) is 101 cm³/mol. The Labute approximate surface area is 163 Å². The summed E-state index contributed by atoms with van der Waals surface area (Å²) in [5.41, 5.74) is 0.392.